The van der Waals surface area contributed by atoms with E-state index in [2.05, 4.69) is 5.11 Å². The average molecular weight is 96.1 g/mol. The van der Waals surface area contributed by atoms with Gasteiger partial charge < -0.3 is 0 Å². The Balaban J connectivity index is 3.27. The lowest BCUT2D eigenvalue weighted by molar-refractivity contribution is 1.14. The fourth-order valence-electron chi connectivity index (χ4n) is 0.204. The first kappa shape index (κ1) is 6.08. The number of nitrogens with one attached hydrogen (secondary N) is 1. The third-order valence-electron chi connectivity index (χ3n) is 0.464. The van der Waals surface area contributed by atoms with E-state index in [-0.39, 0.29) is 0 Å². The Hall–Kier alpha value is -0.920. The molecule has 0 heterocycles. The number of allylic oxidation sites excluding steroid dienone is 3. The largest absolute Gasteiger partial charge is 0.205 e. The Kier molecular flexibility index (Phi) is 4.41. The molecule has 0 saturated heterocycles. The van der Waals surface area contributed by atoms with E-state index < -0.39 is 0 Å². The van der Waals surface area contributed by atoms with Crippen LogP contribution in [0.2, 0.25) is 0 Å². The minimum absolute atomic E-state index is 1.42. The van der Waals surface area contributed by atoms with Crippen molar-refractivity contribution in [3.8, 4) is 0 Å². The summed E-state index contributed by atoms with van der Waals surface area (Å²) in [5, 5.41) is 2.99. The van der Waals surface area contributed by atoms with Crippen LogP contribution in [0.25, 0.3) is 0 Å². The van der Waals surface area contributed by atoms with Crippen molar-refractivity contribution in [1.82, 2.24) is 0 Å². The molecular weight excluding hydrogens is 88.1 g/mol. The molecule has 0 aromatic heterocycles. The summed E-state index contributed by atoms with van der Waals surface area (Å²) in [6.45, 7) is 1.91. The minimum Gasteiger partial charge on any atom is -0.205 e. The van der Waals surface area contributed by atoms with Gasteiger partial charge in [-0.1, -0.05) is 12.2 Å². The molecule has 0 saturated carbocycles. The van der Waals surface area contributed by atoms with Gasteiger partial charge in [-0.15, -0.1) is 0 Å². The van der Waals surface area contributed by atoms with Crippen LogP contribution in [-0.4, -0.2) is 0 Å². The summed E-state index contributed by atoms with van der Waals surface area (Å²) in [6, 6.07) is 0. The molecule has 0 spiro atoms. The van der Waals surface area contributed by atoms with Crippen LogP contribution in [0.15, 0.2) is 29.5 Å². The maximum absolute atomic E-state index is 6.29. The van der Waals surface area contributed by atoms with Gasteiger partial charge in [-0.2, -0.15) is 5.11 Å². The van der Waals surface area contributed by atoms with Gasteiger partial charge in [-0.3, -0.25) is 0 Å². The molecule has 0 aliphatic rings. The van der Waals surface area contributed by atoms with Crippen molar-refractivity contribution in [3.05, 3.63) is 24.4 Å². The Morgan fingerprint density at radius 1 is 1.43 bits per heavy atom. The number of hydrogen-bond acceptors (Lipinski definition) is 2. The lowest BCUT2D eigenvalue weighted by atomic mass is 10.5. The van der Waals surface area contributed by atoms with Crippen molar-refractivity contribution in [2.75, 3.05) is 0 Å². The molecule has 0 unspecified atom stereocenters. The fourth-order valence-corrected chi connectivity index (χ4v) is 0.204. The molecule has 38 valence electrons. The number of rotatable bonds is 2. The monoisotopic (exact) mass is 96.1 g/mol. The van der Waals surface area contributed by atoms with Gasteiger partial charge in [0, 0.05) is 6.20 Å². The van der Waals surface area contributed by atoms with Gasteiger partial charge in [0.1, 0.15) is 0 Å². The third kappa shape index (κ3) is 5.08. The zero-order valence-corrected chi connectivity index (χ0v) is 4.26. The maximum Gasteiger partial charge on any atom is 0.0488 e. The Bertz CT molecular complexity index is 92.3. The molecule has 0 aromatic rings. The second-order valence-corrected chi connectivity index (χ2v) is 0.996. The van der Waals surface area contributed by atoms with Crippen LogP contribution in [-0.2, 0) is 0 Å². The van der Waals surface area contributed by atoms with Gasteiger partial charge in [-0.05, 0) is 13.0 Å². The van der Waals surface area contributed by atoms with Gasteiger partial charge in [-0.25, -0.2) is 5.53 Å². The molecule has 0 bridgehead atoms. The van der Waals surface area contributed by atoms with E-state index in [9.17, 15) is 0 Å². The molecule has 2 heteroatoms. The topological polar surface area (TPSA) is 36.2 Å². The summed E-state index contributed by atoms with van der Waals surface area (Å²) in [4.78, 5) is 0. The van der Waals surface area contributed by atoms with Crippen molar-refractivity contribution in [3.63, 3.8) is 0 Å². The van der Waals surface area contributed by atoms with Gasteiger partial charge >= 0.3 is 0 Å². The lowest BCUT2D eigenvalue weighted by Crippen LogP contribution is -1.42. The zero-order chi connectivity index (χ0) is 5.54. The third-order valence-corrected chi connectivity index (χ3v) is 0.464. The van der Waals surface area contributed by atoms with Gasteiger partial charge in [0.2, 0.25) is 0 Å². The normalized spacial score (nSPS) is 11.0. The van der Waals surface area contributed by atoms with E-state index in [1.807, 2.05) is 19.1 Å². The number of hydrogen-bond donors (Lipinski definition) is 1. The number of nitrogens with zero attached hydrogens (tertiary/aromatic N) is 1. The van der Waals surface area contributed by atoms with Crippen molar-refractivity contribution in [2.45, 2.75) is 6.92 Å². The SMILES string of the molecule is C/C=C\C=C/N=N. The second kappa shape index (κ2) is 5.08. The molecule has 0 amide bonds. The van der Waals surface area contributed by atoms with Crippen LogP contribution in [0.3, 0.4) is 0 Å². The molecule has 0 radical (unpaired) electrons. The van der Waals surface area contributed by atoms with Crippen molar-refractivity contribution in [2.24, 2.45) is 5.11 Å². The highest BCUT2D eigenvalue weighted by molar-refractivity contribution is 4.99. The molecule has 1 N–H and O–H groups in total. The molecular formula is C5H8N2. The van der Waals surface area contributed by atoms with Crippen molar-refractivity contribution < 1.29 is 0 Å². The highest BCUT2D eigenvalue weighted by Crippen LogP contribution is 1.74. The van der Waals surface area contributed by atoms with E-state index in [0.29, 0.717) is 0 Å². The quantitative estimate of drug-likeness (QED) is 0.403. The Labute approximate surface area is 43.1 Å². The standard InChI is InChI=1S/C5H8N2/c1-2-3-4-5-7-6/h2-6H,1H3/b3-2-,5-4-,7-6?. The molecule has 7 heavy (non-hydrogen) atoms. The smallest absolute Gasteiger partial charge is 0.0488 e. The molecule has 0 rings (SSSR count). The first-order chi connectivity index (χ1) is 3.41. The predicted octanol–water partition coefficient (Wildman–Crippen LogP) is 2.11. The predicted molar refractivity (Wildman–Crippen MR) is 29.1 cm³/mol. The summed E-state index contributed by atoms with van der Waals surface area (Å²) in [6.07, 6.45) is 6.81. The summed E-state index contributed by atoms with van der Waals surface area (Å²) in [5.41, 5.74) is 6.29. The van der Waals surface area contributed by atoms with Crippen LogP contribution >= 0.6 is 0 Å². The second-order valence-electron chi connectivity index (χ2n) is 0.996. The molecule has 0 fully saturated rings. The molecule has 2 nitrogen and oxygen atoms in total. The van der Waals surface area contributed by atoms with Crippen molar-refractivity contribution in [1.29, 1.82) is 5.53 Å². The highest BCUT2D eigenvalue weighted by Gasteiger charge is 1.53. The minimum atomic E-state index is 1.42. The first-order valence-corrected chi connectivity index (χ1v) is 2.06. The van der Waals surface area contributed by atoms with Crippen LogP contribution in [0.5, 0.6) is 0 Å². The molecule has 0 aliphatic heterocycles. The fraction of sp³-hybridized carbons (Fsp3) is 0.200. The van der Waals surface area contributed by atoms with E-state index >= 15 is 0 Å². The van der Waals surface area contributed by atoms with Crippen LogP contribution < -0.4 is 0 Å². The molecule has 0 atom stereocenters. The summed E-state index contributed by atoms with van der Waals surface area (Å²) in [5.74, 6) is 0. The average Bonchev–Trinajstić information content (AvgIpc) is 1.69. The van der Waals surface area contributed by atoms with Crippen LogP contribution in [0.4, 0.5) is 0 Å². The van der Waals surface area contributed by atoms with E-state index in [1.54, 1.807) is 6.08 Å². The van der Waals surface area contributed by atoms with E-state index in [4.69, 9.17) is 5.53 Å². The van der Waals surface area contributed by atoms with Gasteiger partial charge in [0.05, 0.1) is 0 Å². The van der Waals surface area contributed by atoms with Gasteiger partial charge in [0.25, 0.3) is 0 Å². The molecule has 0 aromatic carbocycles. The van der Waals surface area contributed by atoms with Crippen LogP contribution in [0, 0.1) is 5.53 Å². The first-order valence-electron chi connectivity index (χ1n) is 2.06. The van der Waals surface area contributed by atoms with E-state index in [1.165, 1.54) is 6.20 Å². The Morgan fingerprint density at radius 2 is 2.14 bits per heavy atom. The maximum atomic E-state index is 6.29. The summed E-state index contributed by atoms with van der Waals surface area (Å²) < 4.78 is 0. The summed E-state index contributed by atoms with van der Waals surface area (Å²) in [7, 11) is 0. The Morgan fingerprint density at radius 3 is 2.57 bits per heavy atom. The molecule has 0 aliphatic carbocycles. The van der Waals surface area contributed by atoms with Crippen molar-refractivity contribution >= 4 is 0 Å². The summed E-state index contributed by atoms with van der Waals surface area (Å²) >= 11 is 0. The van der Waals surface area contributed by atoms with Gasteiger partial charge in [0.15, 0.2) is 0 Å². The lowest BCUT2D eigenvalue weighted by Gasteiger charge is -1.64. The van der Waals surface area contributed by atoms with E-state index in [0.717, 1.165) is 0 Å². The highest BCUT2D eigenvalue weighted by atomic mass is 14.9. The van der Waals surface area contributed by atoms with Crippen LogP contribution in [0.1, 0.15) is 6.92 Å². The zero-order valence-electron chi connectivity index (χ0n) is 4.26.